The van der Waals surface area contributed by atoms with Gasteiger partial charge in [-0.1, -0.05) is 39.5 Å². The predicted molar refractivity (Wildman–Crippen MR) is 126 cm³/mol. The molecule has 0 aliphatic heterocycles. The van der Waals surface area contributed by atoms with Crippen LogP contribution in [0, 0.1) is 5.92 Å². The fourth-order valence-electron chi connectivity index (χ4n) is 3.65. The average Bonchev–Trinajstić information content (AvgIpc) is 3.07. The third kappa shape index (κ3) is 7.04. The van der Waals surface area contributed by atoms with Crippen molar-refractivity contribution in [1.29, 1.82) is 0 Å². The molecule has 0 radical (unpaired) electrons. The van der Waals surface area contributed by atoms with Crippen molar-refractivity contribution < 1.29 is 13.2 Å². The summed E-state index contributed by atoms with van der Waals surface area (Å²) < 4.78 is 28.0. The molecule has 31 heavy (non-hydrogen) atoms. The Morgan fingerprint density at radius 3 is 2.52 bits per heavy atom. The molecule has 0 saturated carbocycles. The molecular formula is C23H38N4O3S. The summed E-state index contributed by atoms with van der Waals surface area (Å²) in [6, 6.07) is 5.02. The van der Waals surface area contributed by atoms with E-state index in [9.17, 15) is 13.2 Å². The Bertz CT molecular complexity index is 965. The van der Waals surface area contributed by atoms with Crippen LogP contribution < -0.4 is 5.32 Å². The number of carbonyl (C=O) groups excluding carboxylic acids is 1. The summed E-state index contributed by atoms with van der Waals surface area (Å²) in [7, 11) is -0.480. The Kier molecular flexibility index (Phi) is 9.50. The van der Waals surface area contributed by atoms with E-state index in [1.807, 2.05) is 11.5 Å². The summed E-state index contributed by atoms with van der Waals surface area (Å²) in [4.78, 5) is 17.1. The minimum absolute atomic E-state index is 0.0350. The van der Waals surface area contributed by atoms with Crippen LogP contribution in [0.4, 0.5) is 0 Å². The van der Waals surface area contributed by atoms with E-state index in [4.69, 9.17) is 0 Å². The van der Waals surface area contributed by atoms with Crippen molar-refractivity contribution in [1.82, 2.24) is 19.2 Å². The molecule has 0 bridgehead atoms. The second-order valence-corrected chi connectivity index (χ2v) is 10.8. The van der Waals surface area contributed by atoms with Gasteiger partial charge in [-0.05, 0) is 37.5 Å². The zero-order valence-electron chi connectivity index (χ0n) is 19.6. The van der Waals surface area contributed by atoms with E-state index in [2.05, 4.69) is 24.1 Å². The van der Waals surface area contributed by atoms with Crippen molar-refractivity contribution in [3.05, 3.63) is 24.0 Å². The number of fused-ring (bicyclic) bond motifs is 1. The third-order valence-corrected chi connectivity index (χ3v) is 7.31. The monoisotopic (exact) mass is 450 g/mol. The molecule has 1 aromatic carbocycles. The van der Waals surface area contributed by atoms with Crippen LogP contribution in [0.25, 0.3) is 11.0 Å². The van der Waals surface area contributed by atoms with Crippen LogP contribution in [0.3, 0.4) is 0 Å². The van der Waals surface area contributed by atoms with Crippen LogP contribution in [-0.2, 0) is 27.8 Å². The molecule has 0 atom stereocenters. The van der Waals surface area contributed by atoms with E-state index < -0.39 is 10.0 Å². The molecule has 2 aromatic rings. The highest BCUT2D eigenvalue weighted by molar-refractivity contribution is 7.89. The number of sulfonamides is 1. The molecule has 0 saturated heterocycles. The van der Waals surface area contributed by atoms with Gasteiger partial charge >= 0.3 is 0 Å². The number of unbranched alkanes of at least 4 members (excludes halogenated alkanes) is 3. The molecule has 1 amide bonds. The first-order chi connectivity index (χ1) is 14.7. The van der Waals surface area contributed by atoms with E-state index in [0.717, 1.165) is 36.6 Å². The number of imidazole rings is 1. The molecule has 1 aromatic heterocycles. The van der Waals surface area contributed by atoms with Gasteiger partial charge in [0.05, 0.1) is 15.9 Å². The van der Waals surface area contributed by atoms with Crippen LogP contribution in [0.2, 0.25) is 0 Å². The number of nitrogens with one attached hydrogen (secondary N) is 1. The number of benzene rings is 1. The highest BCUT2D eigenvalue weighted by Gasteiger charge is 2.19. The topological polar surface area (TPSA) is 84.3 Å². The zero-order valence-corrected chi connectivity index (χ0v) is 20.5. The lowest BCUT2D eigenvalue weighted by Gasteiger charge is -2.11. The molecule has 8 heteroatoms. The van der Waals surface area contributed by atoms with E-state index in [0.29, 0.717) is 24.9 Å². The van der Waals surface area contributed by atoms with Gasteiger partial charge in [0.2, 0.25) is 15.9 Å². The number of aryl methyl sites for hydroxylation is 2. The number of amides is 1. The largest absolute Gasteiger partial charge is 0.356 e. The normalized spacial score (nSPS) is 12.2. The van der Waals surface area contributed by atoms with Crippen molar-refractivity contribution in [3.8, 4) is 0 Å². The lowest BCUT2D eigenvalue weighted by Crippen LogP contribution is -2.25. The highest BCUT2D eigenvalue weighted by Crippen LogP contribution is 2.22. The van der Waals surface area contributed by atoms with Crippen LogP contribution in [-0.4, -0.2) is 48.8 Å². The lowest BCUT2D eigenvalue weighted by atomic mass is 10.0. The van der Waals surface area contributed by atoms with Crippen molar-refractivity contribution >= 4 is 27.0 Å². The highest BCUT2D eigenvalue weighted by atomic mass is 32.2. The maximum absolute atomic E-state index is 12.4. The predicted octanol–water partition coefficient (Wildman–Crippen LogP) is 3.96. The molecular weight excluding hydrogens is 412 g/mol. The number of hydrogen-bond donors (Lipinski definition) is 1. The number of hydrogen-bond acceptors (Lipinski definition) is 4. The quantitative estimate of drug-likeness (QED) is 0.468. The van der Waals surface area contributed by atoms with Crippen molar-refractivity contribution in [2.45, 2.75) is 77.2 Å². The van der Waals surface area contributed by atoms with Gasteiger partial charge in [0, 0.05) is 40.0 Å². The van der Waals surface area contributed by atoms with Crippen LogP contribution in [0.1, 0.15) is 65.1 Å². The summed E-state index contributed by atoms with van der Waals surface area (Å²) in [6.45, 7) is 7.95. The number of carbonyl (C=O) groups is 1. The minimum atomic E-state index is -3.51. The van der Waals surface area contributed by atoms with Gasteiger partial charge in [-0.2, -0.15) is 0 Å². The zero-order chi connectivity index (χ0) is 23.0. The van der Waals surface area contributed by atoms with Gasteiger partial charge in [0.1, 0.15) is 5.82 Å². The van der Waals surface area contributed by atoms with Crippen LogP contribution in [0.5, 0.6) is 0 Å². The SMILES string of the molecule is CCn1c(CCC(=O)NCCCCCCC(C)C)nc2cc(S(=O)(=O)N(C)C)ccc21. The first kappa shape index (κ1) is 25.3. The second-order valence-electron chi connectivity index (χ2n) is 8.66. The molecule has 7 nitrogen and oxygen atoms in total. The molecule has 0 spiro atoms. The smallest absolute Gasteiger partial charge is 0.242 e. The van der Waals surface area contributed by atoms with E-state index in [-0.39, 0.29) is 10.8 Å². The number of rotatable bonds is 13. The Balaban J connectivity index is 1.92. The third-order valence-electron chi connectivity index (χ3n) is 5.50. The van der Waals surface area contributed by atoms with Gasteiger partial charge in [-0.15, -0.1) is 0 Å². The van der Waals surface area contributed by atoms with Crippen molar-refractivity contribution in [2.75, 3.05) is 20.6 Å². The standard InChI is InChI=1S/C23H38N4O3S/c1-6-27-21-13-12-19(31(29,30)26(4)5)17-20(21)25-22(27)14-15-23(28)24-16-10-8-7-9-11-18(2)3/h12-13,17-18H,6-11,14-16H2,1-5H3,(H,24,28). The summed E-state index contributed by atoms with van der Waals surface area (Å²) in [5, 5.41) is 3.00. The van der Waals surface area contributed by atoms with E-state index in [1.165, 1.54) is 37.7 Å². The summed E-state index contributed by atoms with van der Waals surface area (Å²) in [5.41, 5.74) is 1.53. The van der Waals surface area contributed by atoms with Crippen LogP contribution in [0.15, 0.2) is 23.1 Å². The van der Waals surface area contributed by atoms with Gasteiger partial charge in [0.25, 0.3) is 0 Å². The van der Waals surface area contributed by atoms with Gasteiger partial charge < -0.3 is 9.88 Å². The molecule has 0 unspecified atom stereocenters. The van der Waals surface area contributed by atoms with E-state index in [1.54, 1.807) is 18.2 Å². The van der Waals surface area contributed by atoms with Crippen molar-refractivity contribution in [2.24, 2.45) is 5.92 Å². The summed E-state index contributed by atoms with van der Waals surface area (Å²) in [5.74, 6) is 1.60. The first-order valence-electron chi connectivity index (χ1n) is 11.3. The van der Waals surface area contributed by atoms with Crippen molar-refractivity contribution in [3.63, 3.8) is 0 Å². The van der Waals surface area contributed by atoms with Gasteiger partial charge in [0.15, 0.2) is 0 Å². The number of nitrogens with zero attached hydrogens (tertiary/aromatic N) is 3. The molecule has 0 aliphatic rings. The molecule has 2 rings (SSSR count). The number of aromatic nitrogens is 2. The fraction of sp³-hybridized carbons (Fsp3) is 0.652. The van der Waals surface area contributed by atoms with Gasteiger partial charge in [-0.25, -0.2) is 17.7 Å². The first-order valence-corrected chi connectivity index (χ1v) is 12.8. The van der Waals surface area contributed by atoms with Crippen LogP contribution >= 0.6 is 0 Å². The Morgan fingerprint density at radius 2 is 1.87 bits per heavy atom. The Morgan fingerprint density at radius 1 is 1.16 bits per heavy atom. The van der Waals surface area contributed by atoms with E-state index >= 15 is 0 Å². The molecule has 0 aliphatic carbocycles. The van der Waals surface area contributed by atoms with Gasteiger partial charge in [-0.3, -0.25) is 4.79 Å². The minimum Gasteiger partial charge on any atom is -0.356 e. The summed E-state index contributed by atoms with van der Waals surface area (Å²) >= 11 is 0. The molecule has 1 N–H and O–H groups in total. The molecule has 1 heterocycles. The maximum atomic E-state index is 12.4. The fourth-order valence-corrected chi connectivity index (χ4v) is 4.57. The average molecular weight is 451 g/mol. The Labute approximate surface area is 187 Å². The molecule has 174 valence electrons. The second kappa shape index (κ2) is 11.6. The molecule has 0 fully saturated rings. The summed E-state index contributed by atoms with van der Waals surface area (Å²) in [6.07, 6.45) is 6.82. The maximum Gasteiger partial charge on any atom is 0.242 e. The lowest BCUT2D eigenvalue weighted by molar-refractivity contribution is -0.121. The Hall–Kier alpha value is -1.93.